The van der Waals surface area contributed by atoms with Crippen LogP contribution in [0.2, 0.25) is 0 Å². The molecule has 0 fully saturated rings. The van der Waals surface area contributed by atoms with E-state index in [2.05, 4.69) is 36.1 Å². The third-order valence-corrected chi connectivity index (χ3v) is 3.63. The lowest BCUT2D eigenvalue weighted by Crippen LogP contribution is -2.40. The van der Waals surface area contributed by atoms with Gasteiger partial charge in [0.25, 0.3) is 0 Å². The van der Waals surface area contributed by atoms with Crippen LogP contribution in [0.3, 0.4) is 0 Å². The first kappa shape index (κ1) is 12.4. The van der Waals surface area contributed by atoms with Crippen LogP contribution in [-0.2, 0) is 6.42 Å². The molecule has 1 unspecified atom stereocenters. The summed E-state index contributed by atoms with van der Waals surface area (Å²) < 4.78 is 0. The van der Waals surface area contributed by atoms with E-state index in [4.69, 9.17) is 0 Å². The van der Waals surface area contributed by atoms with E-state index in [0.29, 0.717) is 6.04 Å². The van der Waals surface area contributed by atoms with Crippen molar-refractivity contribution < 1.29 is 5.11 Å². The Bertz CT molecular complexity index is 381. The van der Waals surface area contributed by atoms with E-state index in [-0.39, 0.29) is 0 Å². The molecule has 0 aliphatic carbocycles. The molecule has 0 spiro atoms. The molecule has 2 rings (SSSR count). The predicted molar refractivity (Wildman–Crippen MR) is 72.5 cm³/mol. The quantitative estimate of drug-likeness (QED) is 0.867. The molecule has 0 aromatic heterocycles. The van der Waals surface area contributed by atoms with Crippen LogP contribution in [0.25, 0.3) is 0 Å². The summed E-state index contributed by atoms with van der Waals surface area (Å²) in [6, 6.07) is 9.22. The molecule has 0 saturated heterocycles. The van der Waals surface area contributed by atoms with Crippen molar-refractivity contribution in [1.29, 1.82) is 0 Å². The lowest BCUT2D eigenvalue weighted by molar-refractivity contribution is 0.0725. The first-order valence-electron chi connectivity index (χ1n) is 6.54. The average molecular weight is 233 g/mol. The van der Waals surface area contributed by atoms with Gasteiger partial charge in [-0.05, 0) is 51.7 Å². The van der Waals surface area contributed by atoms with Crippen LogP contribution in [0.15, 0.2) is 24.3 Å². The standard InChI is InChI=1S/C15H23NO/c1-12-8-9-13-6-4-5-7-14(13)16(12)11-10-15(2,3)17/h4-7,12,17H,8-11H2,1-3H3. The predicted octanol–water partition coefficient (Wildman–Crippen LogP) is 2.99. The van der Waals surface area contributed by atoms with Crippen molar-refractivity contribution in [2.45, 2.75) is 51.7 Å². The maximum Gasteiger partial charge on any atom is 0.0608 e. The van der Waals surface area contributed by atoms with Gasteiger partial charge in [0.2, 0.25) is 0 Å². The molecule has 1 aliphatic rings. The number of benzene rings is 1. The van der Waals surface area contributed by atoms with E-state index < -0.39 is 5.60 Å². The summed E-state index contributed by atoms with van der Waals surface area (Å²) in [5.74, 6) is 0. The van der Waals surface area contributed by atoms with E-state index >= 15 is 0 Å². The molecule has 0 bridgehead atoms. The van der Waals surface area contributed by atoms with E-state index in [0.717, 1.165) is 13.0 Å². The molecule has 2 heteroatoms. The van der Waals surface area contributed by atoms with Crippen LogP contribution in [0, 0.1) is 0 Å². The molecule has 1 heterocycles. The molecular formula is C15H23NO. The molecule has 1 atom stereocenters. The van der Waals surface area contributed by atoms with Crippen LogP contribution < -0.4 is 4.90 Å². The van der Waals surface area contributed by atoms with Crippen molar-refractivity contribution in [2.24, 2.45) is 0 Å². The van der Waals surface area contributed by atoms with Gasteiger partial charge in [-0.15, -0.1) is 0 Å². The highest BCUT2D eigenvalue weighted by molar-refractivity contribution is 5.56. The molecule has 1 N–H and O–H groups in total. The summed E-state index contributed by atoms with van der Waals surface area (Å²) in [4.78, 5) is 2.44. The van der Waals surface area contributed by atoms with Crippen LogP contribution in [0.4, 0.5) is 5.69 Å². The second-order valence-corrected chi connectivity index (χ2v) is 5.77. The summed E-state index contributed by atoms with van der Waals surface area (Å²) in [5.41, 5.74) is 2.23. The Morgan fingerprint density at radius 2 is 2.06 bits per heavy atom. The molecule has 1 aliphatic heterocycles. The summed E-state index contributed by atoms with van der Waals surface area (Å²) in [7, 11) is 0. The zero-order valence-corrected chi connectivity index (χ0v) is 11.1. The third-order valence-electron chi connectivity index (χ3n) is 3.63. The van der Waals surface area contributed by atoms with Crippen molar-refractivity contribution >= 4 is 5.69 Å². The van der Waals surface area contributed by atoms with E-state index in [9.17, 15) is 5.11 Å². The number of aryl methyl sites for hydroxylation is 1. The molecule has 0 amide bonds. The van der Waals surface area contributed by atoms with Crippen molar-refractivity contribution in [1.82, 2.24) is 0 Å². The number of fused-ring (bicyclic) bond motifs is 1. The zero-order chi connectivity index (χ0) is 12.5. The normalized spacial score (nSPS) is 20.2. The van der Waals surface area contributed by atoms with Crippen molar-refractivity contribution in [3.05, 3.63) is 29.8 Å². The Kier molecular flexibility index (Phi) is 3.43. The van der Waals surface area contributed by atoms with Crippen molar-refractivity contribution in [2.75, 3.05) is 11.4 Å². The monoisotopic (exact) mass is 233 g/mol. The number of anilines is 1. The minimum absolute atomic E-state index is 0.576. The summed E-state index contributed by atoms with van der Waals surface area (Å²) >= 11 is 0. The zero-order valence-electron chi connectivity index (χ0n) is 11.1. The second-order valence-electron chi connectivity index (χ2n) is 5.77. The van der Waals surface area contributed by atoms with Gasteiger partial charge in [-0.3, -0.25) is 0 Å². The van der Waals surface area contributed by atoms with Crippen LogP contribution >= 0.6 is 0 Å². The fourth-order valence-electron chi connectivity index (χ4n) is 2.49. The second kappa shape index (κ2) is 4.69. The highest BCUT2D eigenvalue weighted by Crippen LogP contribution is 2.30. The Balaban J connectivity index is 2.15. The molecule has 1 aromatic rings. The number of hydrogen-bond donors (Lipinski definition) is 1. The SMILES string of the molecule is CC1CCc2ccccc2N1CCC(C)(C)O. The Hall–Kier alpha value is -1.02. The number of aliphatic hydroxyl groups is 1. The van der Waals surface area contributed by atoms with E-state index in [1.807, 2.05) is 13.8 Å². The molecule has 0 saturated carbocycles. The van der Waals surface area contributed by atoms with Crippen LogP contribution in [0.5, 0.6) is 0 Å². The highest BCUT2D eigenvalue weighted by Gasteiger charge is 2.24. The average Bonchev–Trinajstić information content (AvgIpc) is 2.26. The largest absolute Gasteiger partial charge is 0.390 e. The Labute approximate surface area is 104 Å². The third kappa shape index (κ3) is 3.01. The summed E-state index contributed by atoms with van der Waals surface area (Å²) in [6.07, 6.45) is 3.20. The lowest BCUT2D eigenvalue weighted by Gasteiger charge is -2.38. The fraction of sp³-hybridized carbons (Fsp3) is 0.600. The van der Waals surface area contributed by atoms with E-state index in [1.54, 1.807) is 0 Å². The van der Waals surface area contributed by atoms with Crippen LogP contribution in [0.1, 0.15) is 39.2 Å². The maximum absolute atomic E-state index is 9.86. The number of hydrogen-bond acceptors (Lipinski definition) is 2. The topological polar surface area (TPSA) is 23.5 Å². The van der Waals surface area contributed by atoms with Gasteiger partial charge in [0, 0.05) is 18.3 Å². The maximum atomic E-state index is 9.86. The van der Waals surface area contributed by atoms with E-state index in [1.165, 1.54) is 24.1 Å². The molecular weight excluding hydrogens is 210 g/mol. The Morgan fingerprint density at radius 3 is 2.76 bits per heavy atom. The number of nitrogens with zero attached hydrogens (tertiary/aromatic N) is 1. The Morgan fingerprint density at radius 1 is 1.35 bits per heavy atom. The van der Waals surface area contributed by atoms with Gasteiger partial charge in [-0.25, -0.2) is 0 Å². The van der Waals surface area contributed by atoms with Gasteiger partial charge < -0.3 is 10.0 Å². The molecule has 2 nitrogen and oxygen atoms in total. The van der Waals surface area contributed by atoms with Gasteiger partial charge in [-0.2, -0.15) is 0 Å². The highest BCUT2D eigenvalue weighted by atomic mass is 16.3. The molecule has 0 radical (unpaired) electrons. The fourth-order valence-corrected chi connectivity index (χ4v) is 2.49. The number of para-hydroxylation sites is 1. The number of rotatable bonds is 3. The first-order valence-corrected chi connectivity index (χ1v) is 6.54. The lowest BCUT2D eigenvalue weighted by atomic mass is 9.95. The molecule has 94 valence electrons. The first-order chi connectivity index (χ1) is 7.97. The summed E-state index contributed by atoms with van der Waals surface area (Å²) in [6.45, 7) is 6.98. The minimum Gasteiger partial charge on any atom is -0.390 e. The smallest absolute Gasteiger partial charge is 0.0608 e. The van der Waals surface area contributed by atoms with Gasteiger partial charge in [0.15, 0.2) is 0 Å². The van der Waals surface area contributed by atoms with Gasteiger partial charge in [0.05, 0.1) is 5.60 Å². The van der Waals surface area contributed by atoms with Gasteiger partial charge in [0.1, 0.15) is 0 Å². The van der Waals surface area contributed by atoms with Crippen LogP contribution in [-0.4, -0.2) is 23.3 Å². The summed E-state index contributed by atoms with van der Waals surface area (Å²) in [5, 5.41) is 9.86. The van der Waals surface area contributed by atoms with Gasteiger partial charge >= 0.3 is 0 Å². The van der Waals surface area contributed by atoms with Crippen molar-refractivity contribution in [3.8, 4) is 0 Å². The van der Waals surface area contributed by atoms with Gasteiger partial charge in [-0.1, -0.05) is 18.2 Å². The minimum atomic E-state index is -0.577. The van der Waals surface area contributed by atoms with Crippen molar-refractivity contribution in [3.63, 3.8) is 0 Å². The molecule has 1 aromatic carbocycles. The molecule has 17 heavy (non-hydrogen) atoms.